The van der Waals surface area contributed by atoms with E-state index in [4.69, 9.17) is 4.74 Å². The second kappa shape index (κ2) is 9.00. The molecule has 1 N–H and O–H groups in total. The van der Waals surface area contributed by atoms with Crippen LogP contribution in [-0.2, 0) is 0 Å². The molecule has 3 aromatic rings. The van der Waals surface area contributed by atoms with Crippen LogP contribution < -0.4 is 15.0 Å². The van der Waals surface area contributed by atoms with Crippen molar-refractivity contribution in [3.63, 3.8) is 0 Å². The number of aromatic nitrogens is 1. The highest BCUT2D eigenvalue weighted by atomic mass is 19.1. The first-order valence-corrected chi connectivity index (χ1v) is 11.9. The van der Waals surface area contributed by atoms with Gasteiger partial charge in [-0.1, -0.05) is 32.0 Å². The monoisotopic (exact) mass is 447 g/mol. The van der Waals surface area contributed by atoms with Crippen LogP contribution in [0.4, 0.5) is 10.1 Å². The van der Waals surface area contributed by atoms with Gasteiger partial charge in [0.25, 0.3) is 5.91 Å². The second-order valence-corrected chi connectivity index (χ2v) is 9.28. The van der Waals surface area contributed by atoms with E-state index in [0.29, 0.717) is 29.8 Å². The molecule has 0 radical (unpaired) electrons. The molecule has 1 aromatic heterocycles. The van der Waals surface area contributed by atoms with Crippen LogP contribution in [0.15, 0.2) is 42.6 Å². The number of anilines is 1. The number of amides is 1. The molecular weight excluding hydrogens is 417 g/mol. The number of carbonyl (C=O) groups is 1. The zero-order valence-electron chi connectivity index (χ0n) is 19.2. The van der Waals surface area contributed by atoms with Crippen LogP contribution in [0.5, 0.6) is 5.75 Å². The van der Waals surface area contributed by atoms with Gasteiger partial charge in [0.1, 0.15) is 11.6 Å². The highest BCUT2D eigenvalue weighted by Gasteiger charge is 2.27. The standard InChI is InChI=1S/C27H30FN3O2/c1-17(2)24-19-10-11-21(28)26(31-13-6-3-7-14-31)25(19)29-16-20(24)27(32)30-22-12-15-33-23-9-5-4-8-18(22)23/h4-5,8-11,16-17,22H,3,6-7,12-15H2,1-2H3,(H,30,32)/t22-/m0/s1. The van der Waals surface area contributed by atoms with Crippen molar-refractivity contribution >= 4 is 22.5 Å². The predicted molar refractivity (Wildman–Crippen MR) is 129 cm³/mol. The summed E-state index contributed by atoms with van der Waals surface area (Å²) in [7, 11) is 0. The number of hydrogen-bond acceptors (Lipinski definition) is 4. The van der Waals surface area contributed by atoms with Crippen molar-refractivity contribution in [2.24, 2.45) is 0 Å². The normalized spacial score (nSPS) is 18.2. The van der Waals surface area contributed by atoms with Crippen LogP contribution in [0.3, 0.4) is 0 Å². The maximum Gasteiger partial charge on any atom is 0.253 e. The number of piperidine rings is 1. The Morgan fingerprint density at radius 2 is 1.94 bits per heavy atom. The van der Waals surface area contributed by atoms with Crippen molar-refractivity contribution in [3.8, 4) is 5.75 Å². The van der Waals surface area contributed by atoms with Crippen LogP contribution in [0.25, 0.3) is 10.9 Å². The Hall–Kier alpha value is -3.15. The van der Waals surface area contributed by atoms with E-state index in [2.05, 4.69) is 29.0 Å². The molecule has 1 amide bonds. The lowest BCUT2D eigenvalue weighted by Gasteiger charge is -2.30. The fourth-order valence-electron chi connectivity index (χ4n) is 5.20. The number of nitrogens with one attached hydrogen (secondary N) is 1. The highest BCUT2D eigenvalue weighted by molar-refractivity contribution is 6.03. The number of halogens is 1. The molecule has 0 bridgehead atoms. The quantitative estimate of drug-likeness (QED) is 0.554. The number of benzene rings is 2. The number of para-hydroxylation sites is 1. The fraction of sp³-hybridized carbons (Fsp3) is 0.407. The zero-order chi connectivity index (χ0) is 22.9. The minimum atomic E-state index is -0.248. The molecule has 1 saturated heterocycles. The average molecular weight is 448 g/mol. The molecule has 2 aliphatic heterocycles. The molecule has 172 valence electrons. The molecule has 0 unspecified atom stereocenters. The summed E-state index contributed by atoms with van der Waals surface area (Å²) in [5.41, 5.74) is 3.67. The van der Waals surface area contributed by atoms with Crippen LogP contribution in [-0.4, -0.2) is 30.6 Å². The molecule has 5 rings (SSSR count). The third-order valence-corrected chi connectivity index (χ3v) is 6.76. The number of hydrogen-bond donors (Lipinski definition) is 1. The summed E-state index contributed by atoms with van der Waals surface area (Å²) in [6.45, 7) is 6.37. The van der Waals surface area contributed by atoms with E-state index in [9.17, 15) is 9.18 Å². The summed E-state index contributed by atoms with van der Waals surface area (Å²) >= 11 is 0. The maximum absolute atomic E-state index is 15.0. The zero-order valence-corrected chi connectivity index (χ0v) is 19.2. The Kier molecular flexibility index (Phi) is 5.92. The van der Waals surface area contributed by atoms with E-state index < -0.39 is 0 Å². The minimum Gasteiger partial charge on any atom is -0.493 e. The van der Waals surface area contributed by atoms with Gasteiger partial charge < -0.3 is 15.0 Å². The van der Waals surface area contributed by atoms with Crippen molar-refractivity contribution in [1.82, 2.24) is 10.3 Å². The Morgan fingerprint density at radius 3 is 2.73 bits per heavy atom. The number of rotatable bonds is 4. The van der Waals surface area contributed by atoms with Gasteiger partial charge in [0, 0.05) is 36.7 Å². The first-order valence-electron chi connectivity index (χ1n) is 11.9. The second-order valence-electron chi connectivity index (χ2n) is 9.28. The third-order valence-electron chi connectivity index (χ3n) is 6.76. The third kappa shape index (κ3) is 4.03. The van der Waals surface area contributed by atoms with Crippen molar-refractivity contribution in [2.75, 3.05) is 24.6 Å². The van der Waals surface area contributed by atoms with E-state index in [1.54, 1.807) is 12.3 Å². The minimum absolute atomic E-state index is 0.0814. The van der Waals surface area contributed by atoms with Crippen LogP contribution in [0, 0.1) is 5.82 Å². The van der Waals surface area contributed by atoms with E-state index in [1.165, 1.54) is 12.5 Å². The molecule has 1 atom stereocenters. The number of fused-ring (bicyclic) bond motifs is 2. The van der Waals surface area contributed by atoms with Gasteiger partial charge in [-0.2, -0.15) is 0 Å². The van der Waals surface area contributed by atoms with Gasteiger partial charge in [-0.05, 0) is 48.9 Å². The Balaban J connectivity index is 1.54. The molecule has 33 heavy (non-hydrogen) atoms. The van der Waals surface area contributed by atoms with Crippen LogP contribution in [0.1, 0.15) is 73.0 Å². The first-order chi connectivity index (χ1) is 16.0. The van der Waals surface area contributed by atoms with Crippen molar-refractivity contribution < 1.29 is 13.9 Å². The Labute approximate surface area is 194 Å². The molecule has 2 aliphatic rings. The first kappa shape index (κ1) is 21.7. The van der Waals surface area contributed by atoms with Crippen molar-refractivity contribution in [1.29, 1.82) is 0 Å². The molecule has 6 heteroatoms. The lowest BCUT2D eigenvalue weighted by atomic mass is 9.92. The lowest BCUT2D eigenvalue weighted by Crippen LogP contribution is -2.33. The molecular formula is C27H30FN3O2. The van der Waals surface area contributed by atoms with Gasteiger partial charge in [-0.15, -0.1) is 0 Å². The van der Waals surface area contributed by atoms with Gasteiger partial charge in [-0.25, -0.2) is 4.39 Å². The highest BCUT2D eigenvalue weighted by Crippen LogP contribution is 2.37. The Morgan fingerprint density at radius 1 is 1.15 bits per heavy atom. The number of nitrogens with zero attached hydrogens (tertiary/aromatic N) is 2. The van der Waals surface area contributed by atoms with Crippen molar-refractivity contribution in [2.45, 2.75) is 51.5 Å². The largest absolute Gasteiger partial charge is 0.493 e. The van der Waals surface area contributed by atoms with Gasteiger partial charge in [-0.3, -0.25) is 9.78 Å². The summed E-state index contributed by atoms with van der Waals surface area (Å²) in [5, 5.41) is 4.05. The molecule has 0 aliphatic carbocycles. The number of ether oxygens (including phenoxy) is 1. The summed E-state index contributed by atoms with van der Waals surface area (Å²) in [6, 6.07) is 11.0. The maximum atomic E-state index is 15.0. The smallest absolute Gasteiger partial charge is 0.253 e. The molecule has 5 nitrogen and oxygen atoms in total. The number of carbonyl (C=O) groups excluding carboxylic acids is 1. The van der Waals surface area contributed by atoms with E-state index >= 15 is 0 Å². The molecule has 1 fully saturated rings. The SMILES string of the molecule is CC(C)c1c(C(=O)N[C@H]2CCOc3ccccc32)cnc2c(N3CCCCC3)c(F)ccc12. The average Bonchev–Trinajstić information content (AvgIpc) is 2.83. The molecule has 2 aromatic carbocycles. The fourth-order valence-corrected chi connectivity index (χ4v) is 5.20. The lowest BCUT2D eigenvalue weighted by molar-refractivity contribution is 0.0923. The van der Waals surface area contributed by atoms with Crippen molar-refractivity contribution in [3.05, 3.63) is 65.1 Å². The van der Waals surface area contributed by atoms with Gasteiger partial charge in [0.2, 0.25) is 0 Å². The van der Waals surface area contributed by atoms with Gasteiger partial charge >= 0.3 is 0 Å². The van der Waals surface area contributed by atoms with Gasteiger partial charge in [0.15, 0.2) is 0 Å². The molecule has 3 heterocycles. The van der Waals surface area contributed by atoms with Crippen LogP contribution in [0.2, 0.25) is 0 Å². The number of pyridine rings is 1. The van der Waals surface area contributed by atoms with Crippen LogP contribution >= 0.6 is 0 Å². The summed E-state index contributed by atoms with van der Waals surface area (Å²) in [4.78, 5) is 20.2. The summed E-state index contributed by atoms with van der Waals surface area (Å²) < 4.78 is 20.7. The van der Waals surface area contributed by atoms with Gasteiger partial charge in [0.05, 0.1) is 29.4 Å². The predicted octanol–water partition coefficient (Wildman–Crippen LogP) is 5.74. The Bertz CT molecular complexity index is 1190. The molecule has 0 saturated carbocycles. The van der Waals surface area contributed by atoms with E-state index in [0.717, 1.165) is 48.2 Å². The van der Waals surface area contributed by atoms with E-state index in [-0.39, 0.29) is 23.7 Å². The summed E-state index contributed by atoms with van der Waals surface area (Å²) in [6.07, 6.45) is 5.63. The topological polar surface area (TPSA) is 54.5 Å². The summed E-state index contributed by atoms with van der Waals surface area (Å²) in [5.74, 6) is 0.496. The van der Waals surface area contributed by atoms with E-state index in [1.807, 2.05) is 24.3 Å². The molecule has 0 spiro atoms.